The minimum atomic E-state index is -0.455. The molecule has 1 fully saturated rings. The van der Waals surface area contributed by atoms with Crippen molar-refractivity contribution in [3.05, 3.63) is 106 Å². The third-order valence-corrected chi connectivity index (χ3v) is 7.05. The Labute approximate surface area is 221 Å². The number of thioether (sulfide) groups is 1. The van der Waals surface area contributed by atoms with Crippen LogP contribution < -0.4 is 4.74 Å². The van der Waals surface area contributed by atoms with E-state index in [4.69, 9.17) is 4.74 Å². The van der Waals surface area contributed by atoms with Crippen molar-refractivity contribution in [2.24, 2.45) is 0 Å². The lowest BCUT2D eigenvalue weighted by Crippen LogP contribution is -2.27. The lowest BCUT2D eigenvalue weighted by molar-refractivity contribution is -0.384. The standard InChI is InChI=1S/C24H16BrIN2O5S/c25-18-5-10-21(33-14-16-3-8-20(9-4-16)28(31)32)17(11-18)12-22-23(29)27(24(30)34-22)13-15-1-6-19(26)7-2-15/h1-12H,13-14H2/b22-12-. The minimum Gasteiger partial charge on any atom is -0.488 e. The summed E-state index contributed by atoms with van der Waals surface area (Å²) < 4.78 is 7.80. The lowest BCUT2D eigenvalue weighted by Gasteiger charge is -2.12. The summed E-state index contributed by atoms with van der Waals surface area (Å²) in [6, 6.07) is 19.1. The van der Waals surface area contributed by atoms with Gasteiger partial charge < -0.3 is 4.74 Å². The maximum Gasteiger partial charge on any atom is 0.293 e. The monoisotopic (exact) mass is 650 g/mol. The summed E-state index contributed by atoms with van der Waals surface area (Å²) in [4.78, 5) is 37.4. The molecule has 1 aliphatic heterocycles. The number of benzene rings is 3. The Kier molecular flexibility index (Phi) is 7.69. The SMILES string of the molecule is O=C1S/C(=C\c2cc(Br)ccc2OCc2ccc([N+](=O)[O-])cc2)C(=O)N1Cc1ccc(I)cc1. The highest BCUT2D eigenvalue weighted by atomic mass is 127. The van der Waals surface area contributed by atoms with Gasteiger partial charge in [-0.2, -0.15) is 0 Å². The highest BCUT2D eigenvalue weighted by Gasteiger charge is 2.35. The number of carbonyl (C=O) groups is 2. The molecule has 1 aliphatic rings. The van der Waals surface area contributed by atoms with Crippen LogP contribution in [0.4, 0.5) is 10.5 Å². The van der Waals surface area contributed by atoms with Crippen LogP contribution in [0.3, 0.4) is 0 Å². The number of hydrogen-bond donors (Lipinski definition) is 0. The fraction of sp³-hybridized carbons (Fsp3) is 0.0833. The highest BCUT2D eigenvalue weighted by Crippen LogP contribution is 2.36. The number of non-ortho nitro benzene ring substituents is 1. The zero-order valence-electron chi connectivity index (χ0n) is 17.4. The van der Waals surface area contributed by atoms with E-state index >= 15 is 0 Å². The Hall–Kier alpha value is -2.70. The molecule has 2 amide bonds. The van der Waals surface area contributed by atoms with Crippen LogP contribution in [0.2, 0.25) is 0 Å². The molecule has 1 saturated heterocycles. The number of halogens is 2. The van der Waals surface area contributed by atoms with E-state index in [-0.39, 0.29) is 30.0 Å². The van der Waals surface area contributed by atoms with Crippen molar-refractivity contribution < 1.29 is 19.2 Å². The zero-order valence-corrected chi connectivity index (χ0v) is 22.0. The fourth-order valence-electron chi connectivity index (χ4n) is 3.19. The molecule has 0 saturated carbocycles. The van der Waals surface area contributed by atoms with Gasteiger partial charge in [0.2, 0.25) is 0 Å². The average molecular weight is 651 g/mol. The first-order valence-corrected chi connectivity index (χ1v) is 12.6. The van der Waals surface area contributed by atoms with E-state index in [0.717, 1.165) is 30.9 Å². The molecule has 0 radical (unpaired) electrons. The predicted molar refractivity (Wildman–Crippen MR) is 142 cm³/mol. The molecule has 0 bridgehead atoms. The van der Waals surface area contributed by atoms with Crippen LogP contribution in [0.15, 0.2) is 76.1 Å². The van der Waals surface area contributed by atoms with Gasteiger partial charge in [0.15, 0.2) is 0 Å². The molecular formula is C24H16BrIN2O5S. The van der Waals surface area contributed by atoms with Crippen LogP contribution in [-0.4, -0.2) is 21.0 Å². The van der Waals surface area contributed by atoms with Crippen molar-refractivity contribution in [3.63, 3.8) is 0 Å². The number of amides is 2. The third-order valence-electron chi connectivity index (χ3n) is 4.93. The van der Waals surface area contributed by atoms with Crippen LogP contribution in [0.25, 0.3) is 6.08 Å². The smallest absolute Gasteiger partial charge is 0.293 e. The van der Waals surface area contributed by atoms with Crippen LogP contribution in [0, 0.1) is 13.7 Å². The lowest BCUT2D eigenvalue weighted by atomic mass is 10.1. The molecule has 7 nitrogen and oxygen atoms in total. The van der Waals surface area contributed by atoms with Gasteiger partial charge in [-0.3, -0.25) is 24.6 Å². The van der Waals surface area contributed by atoms with E-state index in [2.05, 4.69) is 38.5 Å². The number of hydrogen-bond acceptors (Lipinski definition) is 6. The largest absolute Gasteiger partial charge is 0.488 e. The van der Waals surface area contributed by atoms with Gasteiger partial charge in [0, 0.05) is 25.7 Å². The molecule has 0 atom stereocenters. The zero-order chi connectivity index (χ0) is 24.2. The van der Waals surface area contributed by atoms with Crippen molar-refractivity contribution in [1.82, 2.24) is 4.90 Å². The van der Waals surface area contributed by atoms with Gasteiger partial charge in [0.05, 0.1) is 16.4 Å². The number of carbonyl (C=O) groups excluding carboxylic acids is 2. The highest BCUT2D eigenvalue weighted by molar-refractivity contribution is 14.1. The molecule has 3 aromatic rings. The van der Waals surface area contributed by atoms with E-state index in [1.807, 2.05) is 30.3 Å². The maximum absolute atomic E-state index is 13.0. The number of imide groups is 1. The molecule has 3 aromatic carbocycles. The van der Waals surface area contributed by atoms with Crippen molar-refractivity contribution in [2.75, 3.05) is 0 Å². The summed E-state index contributed by atoms with van der Waals surface area (Å²) in [5.41, 5.74) is 2.28. The van der Waals surface area contributed by atoms with Gasteiger partial charge in [0.1, 0.15) is 12.4 Å². The van der Waals surface area contributed by atoms with Crippen molar-refractivity contribution in [3.8, 4) is 5.75 Å². The van der Waals surface area contributed by atoms with Gasteiger partial charge >= 0.3 is 0 Å². The molecule has 0 aliphatic carbocycles. The Bertz CT molecular complexity index is 1300. The first-order chi connectivity index (χ1) is 16.3. The summed E-state index contributed by atoms with van der Waals surface area (Å²) in [5, 5.41) is 10.5. The van der Waals surface area contributed by atoms with Crippen LogP contribution in [0.1, 0.15) is 16.7 Å². The van der Waals surface area contributed by atoms with Crippen LogP contribution in [-0.2, 0) is 17.9 Å². The maximum atomic E-state index is 13.0. The second-order valence-electron chi connectivity index (χ2n) is 7.29. The molecule has 0 N–H and O–H groups in total. The second-order valence-corrected chi connectivity index (χ2v) is 10.4. The number of nitrogens with zero attached hydrogens (tertiary/aromatic N) is 2. The first kappa shape index (κ1) is 24.4. The molecule has 1 heterocycles. The molecular weight excluding hydrogens is 635 g/mol. The van der Waals surface area contributed by atoms with E-state index < -0.39 is 4.92 Å². The first-order valence-electron chi connectivity index (χ1n) is 9.95. The molecule has 0 aromatic heterocycles. The van der Waals surface area contributed by atoms with E-state index in [0.29, 0.717) is 16.2 Å². The third kappa shape index (κ3) is 5.86. The fourth-order valence-corrected chi connectivity index (χ4v) is 4.76. The normalized spacial score (nSPS) is 14.6. The number of nitro benzene ring substituents is 1. The second kappa shape index (κ2) is 10.7. The van der Waals surface area contributed by atoms with Gasteiger partial charge in [-0.1, -0.05) is 28.1 Å². The van der Waals surface area contributed by atoms with Crippen LogP contribution in [0.5, 0.6) is 5.75 Å². The number of rotatable bonds is 7. The van der Waals surface area contributed by atoms with Gasteiger partial charge in [-0.15, -0.1) is 0 Å². The Balaban J connectivity index is 1.52. The average Bonchev–Trinajstić information content (AvgIpc) is 3.07. The molecule has 172 valence electrons. The quantitative estimate of drug-likeness (QED) is 0.121. The van der Waals surface area contributed by atoms with Crippen molar-refractivity contribution >= 4 is 73.2 Å². The summed E-state index contributed by atoms with van der Waals surface area (Å²) in [7, 11) is 0. The molecule has 4 rings (SSSR count). The van der Waals surface area contributed by atoms with Crippen LogP contribution >= 0.6 is 50.3 Å². The van der Waals surface area contributed by atoms with Gasteiger partial charge in [0.25, 0.3) is 16.8 Å². The summed E-state index contributed by atoms with van der Waals surface area (Å²) >= 11 is 6.53. The summed E-state index contributed by atoms with van der Waals surface area (Å²) in [6.07, 6.45) is 1.65. The molecule has 0 spiro atoms. The van der Waals surface area contributed by atoms with E-state index in [1.54, 1.807) is 30.3 Å². The molecule has 0 unspecified atom stereocenters. The number of ether oxygens (including phenoxy) is 1. The van der Waals surface area contributed by atoms with Crippen molar-refractivity contribution in [2.45, 2.75) is 13.2 Å². The Morgan fingerprint density at radius 1 is 1.03 bits per heavy atom. The summed E-state index contributed by atoms with van der Waals surface area (Å²) in [5.74, 6) is 0.167. The predicted octanol–water partition coefficient (Wildman–Crippen LogP) is 6.78. The van der Waals surface area contributed by atoms with Gasteiger partial charge in [-0.25, -0.2) is 0 Å². The van der Waals surface area contributed by atoms with Crippen molar-refractivity contribution in [1.29, 1.82) is 0 Å². The van der Waals surface area contributed by atoms with E-state index in [1.165, 1.54) is 17.0 Å². The molecule has 34 heavy (non-hydrogen) atoms. The minimum absolute atomic E-state index is 0.00837. The molecule has 10 heteroatoms. The number of nitro groups is 1. The Morgan fingerprint density at radius 3 is 2.38 bits per heavy atom. The topological polar surface area (TPSA) is 89.7 Å². The Morgan fingerprint density at radius 2 is 1.71 bits per heavy atom. The van der Waals surface area contributed by atoms with Gasteiger partial charge in [-0.05, 0) is 94.0 Å². The van der Waals surface area contributed by atoms with E-state index in [9.17, 15) is 19.7 Å². The summed E-state index contributed by atoms with van der Waals surface area (Å²) in [6.45, 7) is 0.398.